The summed E-state index contributed by atoms with van der Waals surface area (Å²) in [5.41, 5.74) is 5.20. The van der Waals surface area contributed by atoms with E-state index in [-0.39, 0.29) is 12.4 Å². The molecule has 2 heterocycles. The summed E-state index contributed by atoms with van der Waals surface area (Å²) in [6.07, 6.45) is -0.866. The number of hydrazine groups is 1. The number of benzene rings is 2. The van der Waals surface area contributed by atoms with E-state index in [1.54, 1.807) is 24.3 Å². The molecule has 0 spiro atoms. The first-order valence-corrected chi connectivity index (χ1v) is 8.58. The molecule has 1 aromatic heterocycles. The lowest BCUT2D eigenvalue weighted by Crippen LogP contribution is -2.50. The number of para-hydroxylation sites is 3. The van der Waals surface area contributed by atoms with E-state index < -0.39 is 17.9 Å². The summed E-state index contributed by atoms with van der Waals surface area (Å²) in [7, 11) is 0. The van der Waals surface area contributed by atoms with Crippen molar-refractivity contribution in [3.63, 3.8) is 0 Å². The van der Waals surface area contributed by atoms with Crippen molar-refractivity contribution in [2.75, 3.05) is 6.61 Å². The Bertz CT molecular complexity index is 1000. The van der Waals surface area contributed by atoms with Gasteiger partial charge in [0, 0.05) is 5.39 Å². The maximum atomic E-state index is 12.2. The Labute approximate surface area is 156 Å². The van der Waals surface area contributed by atoms with E-state index in [1.165, 1.54) is 0 Å². The van der Waals surface area contributed by atoms with E-state index in [0.717, 1.165) is 9.86 Å². The third kappa shape index (κ3) is 3.11. The second-order valence-corrected chi connectivity index (χ2v) is 6.43. The van der Waals surface area contributed by atoms with Gasteiger partial charge in [-0.15, -0.1) is 0 Å². The monoisotopic (exact) mass is 416 g/mol. The molecule has 7 nitrogen and oxygen atoms in total. The molecule has 0 aliphatic carbocycles. The highest BCUT2D eigenvalue weighted by Gasteiger charge is 2.27. The fourth-order valence-corrected chi connectivity index (χ4v) is 3.01. The third-order valence-electron chi connectivity index (χ3n) is 3.82. The summed E-state index contributed by atoms with van der Waals surface area (Å²) in [5, 5.41) is 0.775. The van der Waals surface area contributed by atoms with Crippen molar-refractivity contribution in [3.8, 4) is 11.5 Å². The minimum absolute atomic E-state index is 0.0519. The molecule has 8 heteroatoms. The number of halogens is 1. The quantitative estimate of drug-likeness (QED) is 0.626. The van der Waals surface area contributed by atoms with Crippen LogP contribution in [0.4, 0.5) is 0 Å². The Morgan fingerprint density at radius 2 is 1.85 bits per heavy atom. The number of furan rings is 1. The second-order valence-electron chi connectivity index (χ2n) is 5.58. The van der Waals surface area contributed by atoms with Gasteiger partial charge in [0.2, 0.25) is 6.10 Å². The van der Waals surface area contributed by atoms with Crippen molar-refractivity contribution in [2.45, 2.75) is 6.10 Å². The minimum atomic E-state index is -0.866. The molecule has 0 radical (unpaired) electrons. The number of hydrogen-bond acceptors (Lipinski definition) is 5. The van der Waals surface area contributed by atoms with Crippen LogP contribution in [0.5, 0.6) is 11.5 Å². The molecule has 0 saturated heterocycles. The summed E-state index contributed by atoms with van der Waals surface area (Å²) in [6, 6.07) is 14.1. The number of amides is 2. The van der Waals surface area contributed by atoms with Crippen LogP contribution >= 0.6 is 15.9 Å². The van der Waals surface area contributed by atoms with Crippen LogP contribution in [0.25, 0.3) is 11.0 Å². The molecule has 4 rings (SSSR count). The van der Waals surface area contributed by atoms with Crippen molar-refractivity contribution >= 4 is 38.7 Å². The summed E-state index contributed by atoms with van der Waals surface area (Å²) >= 11 is 3.36. The number of rotatable bonds is 2. The van der Waals surface area contributed by atoms with Gasteiger partial charge in [0.05, 0.1) is 4.47 Å². The Kier molecular flexibility index (Phi) is 4.26. The molecule has 3 aromatic rings. The highest BCUT2D eigenvalue weighted by Crippen LogP contribution is 2.31. The Morgan fingerprint density at radius 3 is 2.65 bits per heavy atom. The Morgan fingerprint density at radius 1 is 1.04 bits per heavy atom. The molecule has 1 aliphatic rings. The van der Waals surface area contributed by atoms with Gasteiger partial charge in [-0.1, -0.05) is 24.3 Å². The number of carbonyl (C=O) groups excluding carboxylic acids is 2. The molecule has 26 heavy (non-hydrogen) atoms. The maximum Gasteiger partial charge on any atom is 0.305 e. The van der Waals surface area contributed by atoms with E-state index in [1.807, 2.05) is 24.3 Å². The number of hydrogen-bond donors (Lipinski definition) is 2. The maximum absolute atomic E-state index is 12.2. The van der Waals surface area contributed by atoms with Crippen molar-refractivity contribution < 1.29 is 23.5 Å². The van der Waals surface area contributed by atoms with E-state index in [2.05, 4.69) is 26.8 Å². The Balaban J connectivity index is 1.39. The largest absolute Gasteiger partial charge is 0.485 e. The number of nitrogens with one attached hydrogen (secondary N) is 2. The highest BCUT2D eigenvalue weighted by atomic mass is 79.9. The zero-order valence-corrected chi connectivity index (χ0v) is 14.9. The first-order chi connectivity index (χ1) is 12.6. The van der Waals surface area contributed by atoms with Crippen molar-refractivity contribution in [1.82, 2.24) is 10.9 Å². The van der Waals surface area contributed by atoms with E-state index in [9.17, 15) is 9.59 Å². The smallest absolute Gasteiger partial charge is 0.305 e. The van der Waals surface area contributed by atoms with Crippen molar-refractivity contribution in [2.24, 2.45) is 0 Å². The van der Waals surface area contributed by atoms with Gasteiger partial charge in [-0.2, -0.15) is 0 Å². The lowest BCUT2D eigenvalue weighted by molar-refractivity contribution is -0.131. The first-order valence-electron chi connectivity index (χ1n) is 7.78. The van der Waals surface area contributed by atoms with Gasteiger partial charge in [-0.25, -0.2) is 0 Å². The molecule has 0 saturated carbocycles. The van der Waals surface area contributed by atoms with Crippen LogP contribution in [-0.4, -0.2) is 24.5 Å². The molecule has 2 amide bonds. The number of ether oxygens (including phenoxy) is 2. The molecular formula is C18H13BrN2O5. The van der Waals surface area contributed by atoms with Crippen LogP contribution < -0.4 is 20.3 Å². The third-order valence-corrected chi connectivity index (χ3v) is 4.44. The van der Waals surface area contributed by atoms with Crippen molar-refractivity contribution in [3.05, 3.63) is 58.8 Å². The number of fused-ring (bicyclic) bond motifs is 2. The SMILES string of the molecule is O=C(NNC(=O)C1COc2ccccc2O1)c1cc2cccc(Br)c2o1. The fraction of sp³-hybridized carbons (Fsp3) is 0.111. The zero-order valence-electron chi connectivity index (χ0n) is 13.3. The summed E-state index contributed by atoms with van der Waals surface area (Å²) < 4.78 is 17.3. The summed E-state index contributed by atoms with van der Waals surface area (Å²) in [4.78, 5) is 24.4. The topological polar surface area (TPSA) is 89.8 Å². The minimum Gasteiger partial charge on any atom is -0.485 e. The predicted octanol–water partition coefficient (Wildman–Crippen LogP) is 2.80. The first kappa shape index (κ1) is 16.5. The van der Waals surface area contributed by atoms with Gasteiger partial charge >= 0.3 is 5.91 Å². The van der Waals surface area contributed by atoms with Crippen LogP contribution in [-0.2, 0) is 4.79 Å². The highest BCUT2D eigenvalue weighted by molar-refractivity contribution is 9.10. The molecule has 1 unspecified atom stereocenters. The zero-order chi connectivity index (χ0) is 18.1. The molecule has 132 valence electrons. The molecule has 1 aliphatic heterocycles. The van der Waals surface area contributed by atoms with Gasteiger partial charge in [0.1, 0.15) is 12.2 Å². The van der Waals surface area contributed by atoms with Gasteiger partial charge in [-0.05, 0) is 40.2 Å². The van der Waals surface area contributed by atoms with Gasteiger partial charge in [-0.3, -0.25) is 20.4 Å². The molecule has 0 bridgehead atoms. The van der Waals surface area contributed by atoms with Gasteiger partial charge < -0.3 is 13.9 Å². The van der Waals surface area contributed by atoms with Crippen LogP contribution in [0.1, 0.15) is 10.6 Å². The van der Waals surface area contributed by atoms with Gasteiger partial charge in [0.25, 0.3) is 5.91 Å². The van der Waals surface area contributed by atoms with Crippen LogP contribution in [0.3, 0.4) is 0 Å². The van der Waals surface area contributed by atoms with Crippen LogP contribution in [0.15, 0.2) is 57.4 Å². The second kappa shape index (κ2) is 6.72. The lowest BCUT2D eigenvalue weighted by Gasteiger charge is -2.25. The molecule has 0 fully saturated rings. The standard InChI is InChI=1S/C18H13BrN2O5/c19-11-5-3-4-10-8-14(26-16(10)11)17(22)20-21-18(23)15-9-24-12-6-1-2-7-13(12)25-15/h1-8,15H,9H2,(H,20,22)(H,21,23). The van der Waals surface area contributed by atoms with Crippen LogP contribution in [0.2, 0.25) is 0 Å². The van der Waals surface area contributed by atoms with E-state index in [4.69, 9.17) is 13.9 Å². The molecular weight excluding hydrogens is 404 g/mol. The molecule has 2 aromatic carbocycles. The Hall–Kier alpha value is -3.00. The average molecular weight is 417 g/mol. The predicted molar refractivity (Wildman–Crippen MR) is 95.9 cm³/mol. The fourth-order valence-electron chi connectivity index (χ4n) is 2.55. The van der Waals surface area contributed by atoms with E-state index >= 15 is 0 Å². The average Bonchev–Trinajstić information content (AvgIpc) is 3.11. The summed E-state index contributed by atoms with van der Waals surface area (Å²) in [5.74, 6) is 0.0443. The van der Waals surface area contributed by atoms with Crippen LogP contribution in [0, 0.1) is 0 Å². The van der Waals surface area contributed by atoms with E-state index in [0.29, 0.717) is 17.1 Å². The molecule has 1 atom stereocenters. The number of carbonyl (C=O) groups is 2. The molecule has 2 N–H and O–H groups in total. The van der Waals surface area contributed by atoms with Gasteiger partial charge in [0.15, 0.2) is 17.3 Å². The normalized spacial score (nSPS) is 15.5. The lowest BCUT2D eigenvalue weighted by atomic mass is 10.2. The van der Waals surface area contributed by atoms with Crippen molar-refractivity contribution in [1.29, 1.82) is 0 Å². The summed E-state index contributed by atoms with van der Waals surface area (Å²) in [6.45, 7) is 0.0519.